The van der Waals surface area contributed by atoms with E-state index in [-0.39, 0.29) is 0 Å². The lowest BCUT2D eigenvalue weighted by Crippen LogP contribution is -1.91. The maximum absolute atomic E-state index is 6.56. The summed E-state index contributed by atoms with van der Waals surface area (Å²) < 4.78 is 14.3. The van der Waals surface area contributed by atoms with Crippen molar-refractivity contribution in [2.75, 3.05) is 7.11 Å². The number of furan rings is 1. The minimum Gasteiger partial charge on any atom is -0.497 e. The smallest absolute Gasteiger partial charge is 0.143 e. The average molecular weight is 490 g/mol. The molecule has 0 aliphatic heterocycles. The van der Waals surface area contributed by atoms with Gasteiger partial charge in [0.15, 0.2) is 0 Å². The Morgan fingerprint density at radius 2 is 1.42 bits per heavy atom. The van der Waals surface area contributed by atoms with Gasteiger partial charge in [0.1, 0.15) is 16.9 Å². The van der Waals surface area contributed by atoms with Crippen LogP contribution < -0.4 is 4.74 Å². The lowest BCUT2D eigenvalue weighted by Gasteiger charge is -2.13. The van der Waals surface area contributed by atoms with Crippen LogP contribution in [0, 0.1) is 0 Å². The third kappa shape index (κ3) is 3.02. The standard InChI is InChI=1S/C35H23NO2/c1-37-26-13-11-22(12-14-26)30-20-24-21-32-23(17-18-36(32)25-7-3-2-4-8-25)19-31(24)34-28(30)15-16-29-27-9-5-6-10-33(27)38-35(29)34/h2-21H,1H3. The molecule has 2 aromatic heterocycles. The SMILES string of the molecule is COc1ccc(-c2cc3cc4c(ccn4-c4ccccc4)cc3c3c2ccc2c4ccccc4oc23)cc1. The zero-order valence-corrected chi connectivity index (χ0v) is 20.8. The number of para-hydroxylation sites is 2. The van der Waals surface area contributed by atoms with Crippen LogP contribution in [-0.2, 0) is 0 Å². The van der Waals surface area contributed by atoms with Crippen LogP contribution in [0.4, 0.5) is 0 Å². The predicted molar refractivity (Wildman–Crippen MR) is 158 cm³/mol. The van der Waals surface area contributed by atoms with E-state index in [0.717, 1.165) is 44.3 Å². The highest BCUT2D eigenvalue weighted by Crippen LogP contribution is 2.43. The van der Waals surface area contributed by atoms with Gasteiger partial charge in [-0.3, -0.25) is 0 Å². The molecule has 0 atom stereocenters. The molecule has 3 nitrogen and oxygen atoms in total. The summed E-state index contributed by atoms with van der Waals surface area (Å²) in [5, 5.41) is 8.19. The Hall–Kier alpha value is -5.02. The zero-order valence-electron chi connectivity index (χ0n) is 20.8. The van der Waals surface area contributed by atoms with Crippen LogP contribution in [0.3, 0.4) is 0 Å². The van der Waals surface area contributed by atoms with Gasteiger partial charge < -0.3 is 13.7 Å². The summed E-state index contributed by atoms with van der Waals surface area (Å²) in [6.07, 6.45) is 2.15. The molecule has 6 aromatic carbocycles. The first-order valence-corrected chi connectivity index (χ1v) is 12.8. The first kappa shape index (κ1) is 21.1. The Morgan fingerprint density at radius 1 is 0.632 bits per heavy atom. The van der Waals surface area contributed by atoms with E-state index in [0.29, 0.717) is 0 Å². The van der Waals surface area contributed by atoms with Crippen molar-refractivity contribution >= 4 is 54.4 Å². The lowest BCUT2D eigenvalue weighted by atomic mass is 9.91. The third-order valence-electron chi connectivity index (χ3n) is 7.70. The number of benzene rings is 6. The molecule has 0 aliphatic rings. The zero-order chi connectivity index (χ0) is 25.2. The summed E-state index contributed by atoms with van der Waals surface area (Å²) >= 11 is 0. The number of fused-ring (bicyclic) bond motifs is 8. The fourth-order valence-corrected chi connectivity index (χ4v) is 5.87. The molecule has 0 N–H and O–H groups in total. The summed E-state index contributed by atoms with van der Waals surface area (Å²) in [6, 6.07) is 40.7. The quantitative estimate of drug-likeness (QED) is 0.231. The summed E-state index contributed by atoms with van der Waals surface area (Å²) in [5.74, 6) is 0.848. The molecule has 180 valence electrons. The molecular formula is C35H23NO2. The van der Waals surface area contributed by atoms with Gasteiger partial charge in [0.05, 0.1) is 12.6 Å². The minimum absolute atomic E-state index is 0.848. The van der Waals surface area contributed by atoms with E-state index < -0.39 is 0 Å². The van der Waals surface area contributed by atoms with Gasteiger partial charge >= 0.3 is 0 Å². The molecule has 8 aromatic rings. The molecule has 0 aliphatic carbocycles. The average Bonchev–Trinajstić information content (AvgIpc) is 3.57. The van der Waals surface area contributed by atoms with Crippen molar-refractivity contribution in [3.8, 4) is 22.6 Å². The minimum atomic E-state index is 0.848. The number of nitrogens with zero attached hydrogens (tertiary/aromatic N) is 1. The topological polar surface area (TPSA) is 27.3 Å². The molecule has 0 spiro atoms. The number of hydrogen-bond donors (Lipinski definition) is 0. The van der Waals surface area contributed by atoms with E-state index in [1.807, 2.05) is 18.2 Å². The Kier molecular flexibility index (Phi) is 4.44. The van der Waals surface area contributed by atoms with Crippen LogP contribution in [0.15, 0.2) is 126 Å². The maximum atomic E-state index is 6.56. The molecule has 38 heavy (non-hydrogen) atoms. The van der Waals surface area contributed by atoms with Crippen LogP contribution in [0.25, 0.3) is 71.2 Å². The second kappa shape index (κ2) is 7.99. The van der Waals surface area contributed by atoms with Crippen LogP contribution in [0.2, 0.25) is 0 Å². The molecule has 0 unspecified atom stereocenters. The molecule has 0 saturated carbocycles. The van der Waals surface area contributed by atoms with Gasteiger partial charge in [-0.25, -0.2) is 0 Å². The van der Waals surface area contributed by atoms with Crippen LogP contribution >= 0.6 is 0 Å². The van der Waals surface area contributed by atoms with Crippen molar-refractivity contribution < 1.29 is 9.15 Å². The third-order valence-corrected chi connectivity index (χ3v) is 7.70. The monoisotopic (exact) mass is 489 g/mol. The van der Waals surface area contributed by atoms with Gasteiger partial charge in [-0.15, -0.1) is 0 Å². The molecule has 0 fully saturated rings. The molecule has 8 rings (SSSR count). The highest BCUT2D eigenvalue weighted by atomic mass is 16.5. The van der Waals surface area contributed by atoms with Gasteiger partial charge in [0.2, 0.25) is 0 Å². The van der Waals surface area contributed by atoms with Crippen molar-refractivity contribution in [2.24, 2.45) is 0 Å². The summed E-state index contributed by atoms with van der Waals surface area (Å²) in [5.41, 5.74) is 6.50. The fourth-order valence-electron chi connectivity index (χ4n) is 5.87. The largest absolute Gasteiger partial charge is 0.497 e. The Balaban J connectivity index is 1.52. The normalized spacial score (nSPS) is 11.8. The van der Waals surface area contributed by atoms with E-state index in [2.05, 4.69) is 108 Å². The molecule has 3 heteroatoms. The highest BCUT2D eigenvalue weighted by molar-refractivity contribution is 6.27. The van der Waals surface area contributed by atoms with Gasteiger partial charge in [-0.2, -0.15) is 0 Å². The summed E-state index contributed by atoms with van der Waals surface area (Å²) in [7, 11) is 1.70. The second-order valence-electron chi connectivity index (χ2n) is 9.77. The number of aromatic nitrogens is 1. The predicted octanol–water partition coefficient (Wildman–Crippen LogP) is 9.51. The number of hydrogen-bond acceptors (Lipinski definition) is 2. The van der Waals surface area contributed by atoms with E-state index in [1.165, 1.54) is 32.6 Å². The molecule has 0 amide bonds. The molecular weight excluding hydrogens is 466 g/mol. The van der Waals surface area contributed by atoms with E-state index in [9.17, 15) is 0 Å². The first-order chi connectivity index (χ1) is 18.8. The van der Waals surface area contributed by atoms with Crippen LogP contribution in [-0.4, -0.2) is 11.7 Å². The van der Waals surface area contributed by atoms with Crippen molar-refractivity contribution in [1.29, 1.82) is 0 Å². The van der Waals surface area contributed by atoms with Gasteiger partial charge in [0.25, 0.3) is 0 Å². The number of methoxy groups -OCH3 is 1. The van der Waals surface area contributed by atoms with E-state index in [1.54, 1.807) is 7.11 Å². The Morgan fingerprint density at radius 3 is 2.26 bits per heavy atom. The van der Waals surface area contributed by atoms with Gasteiger partial charge in [-0.1, -0.05) is 54.6 Å². The van der Waals surface area contributed by atoms with Crippen molar-refractivity contribution in [1.82, 2.24) is 4.57 Å². The highest BCUT2D eigenvalue weighted by Gasteiger charge is 2.17. The number of rotatable bonds is 3. The van der Waals surface area contributed by atoms with E-state index in [4.69, 9.17) is 9.15 Å². The fraction of sp³-hybridized carbons (Fsp3) is 0.0286. The first-order valence-electron chi connectivity index (χ1n) is 12.8. The van der Waals surface area contributed by atoms with Crippen LogP contribution in [0.5, 0.6) is 5.75 Å². The van der Waals surface area contributed by atoms with Crippen molar-refractivity contribution in [3.63, 3.8) is 0 Å². The Labute approximate surface area is 219 Å². The molecule has 2 heterocycles. The summed E-state index contributed by atoms with van der Waals surface area (Å²) in [4.78, 5) is 0. The molecule has 0 saturated heterocycles. The maximum Gasteiger partial charge on any atom is 0.143 e. The van der Waals surface area contributed by atoms with Crippen molar-refractivity contribution in [3.05, 3.63) is 121 Å². The van der Waals surface area contributed by atoms with Crippen molar-refractivity contribution in [2.45, 2.75) is 0 Å². The van der Waals surface area contributed by atoms with Gasteiger partial charge in [-0.05, 0) is 87.9 Å². The lowest BCUT2D eigenvalue weighted by molar-refractivity contribution is 0.415. The molecule has 0 bridgehead atoms. The van der Waals surface area contributed by atoms with E-state index >= 15 is 0 Å². The second-order valence-corrected chi connectivity index (χ2v) is 9.77. The van der Waals surface area contributed by atoms with Crippen LogP contribution in [0.1, 0.15) is 0 Å². The number of ether oxygens (including phenoxy) is 1. The Bertz CT molecular complexity index is 2150. The molecule has 0 radical (unpaired) electrons. The summed E-state index contributed by atoms with van der Waals surface area (Å²) in [6.45, 7) is 0. The van der Waals surface area contributed by atoms with Gasteiger partial charge in [0, 0.05) is 33.4 Å².